The number of amides is 1. The topological polar surface area (TPSA) is 83.4 Å². The molecule has 5 aromatic rings. The van der Waals surface area contributed by atoms with Crippen LogP contribution in [-0.2, 0) is 20.8 Å². The van der Waals surface area contributed by atoms with E-state index in [0.29, 0.717) is 21.2 Å². The van der Waals surface area contributed by atoms with Crippen LogP contribution in [0.25, 0.3) is 16.5 Å². The summed E-state index contributed by atoms with van der Waals surface area (Å²) in [6, 6.07) is 25.2. The van der Waals surface area contributed by atoms with Gasteiger partial charge in [-0.2, -0.15) is 0 Å². The molecule has 1 amide bonds. The molecule has 44 heavy (non-hydrogen) atoms. The van der Waals surface area contributed by atoms with Crippen molar-refractivity contribution < 1.29 is 19.1 Å². The first-order valence-corrected chi connectivity index (χ1v) is 15.9. The highest BCUT2D eigenvalue weighted by Crippen LogP contribution is 2.44. The number of Topliss-reactive ketones (excluding diaryl/α,β-unsaturated/α-hetero) is 1. The number of aliphatic hydroxyl groups is 1. The zero-order chi connectivity index (χ0) is 31.2. The molecule has 0 spiro atoms. The Hall–Kier alpha value is -4.34. The van der Waals surface area contributed by atoms with E-state index in [9.17, 15) is 19.1 Å². The van der Waals surface area contributed by atoms with Crippen LogP contribution < -0.4 is 4.90 Å². The van der Waals surface area contributed by atoms with E-state index < -0.39 is 29.3 Å². The van der Waals surface area contributed by atoms with Gasteiger partial charge in [-0.15, -0.1) is 10.2 Å². The van der Waals surface area contributed by atoms with E-state index in [4.69, 9.17) is 0 Å². The molecule has 222 valence electrons. The first-order valence-electron chi connectivity index (χ1n) is 14.1. The lowest BCUT2D eigenvalue weighted by molar-refractivity contribution is -0.132. The molecule has 1 saturated heterocycles. The smallest absolute Gasteiger partial charge is 0.301 e. The first-order chi connectivity index (χ1) is 21.0. The van der Waals surface area contributed by atoms with Gasteiger partial charge in [-0.3, -0.25) is 14.5 Å². The third-order valence-electron chi connectivity index (χ3n) is 7.82. The van der Waals surface area contributed by atoms with Crippen molar-refractivity contribution in [3.63, 3.8) is 0 Å². The Morgan fingerprint density at radius 2 is 1.70 bits per heavy atom. The number of rotatable bonds is 6. The summed E-state index contributed by atoms with van der Waals surface area (Å²) in [4.78, 5) is 28.5. The van der Waals surface area contributed by atoms with Crippen LogP contribution in [0.5, 0.6) is 0 Å². The van der Waals surface area contributed by atoms with Gasteiger partial charge < -0.3 is 5.11 Å². The van der Waals surface area contributed by atoms with Crippen molar-refractivity contribution in [2.45, 2.75) is 49.2 Å². The van der Waals surface area contributed by atoms with Crippen LogP contribution in [0, 0.1) is 12.7 Å². The minimum Gasteiger partial charge on any atom is -0.507 e. The number of carbonyl (C=O) groups is 2. The van der Waals surface area contributed by atoms with Crippen LogP contribution in [0.1, 0.15) is 54.6 Å². The Kier molecular flexibility index (Phi) is 7.86. The summed E-state index contributed by atoms with van der Waals surface area (Å²) < 4.78 is 15.1. The Bertz CT molecular complexity index is 1940. The Labute approximate surface area is 263 Å². The maximum atomic E-state index is 14.5. The van der Waals surface area contributed by atoms with E-state index in [0.717, 1.165) is 21.9 Å². The number of aliphatic hydroxyl groups excluding tert-OH is 1. The molecular weight excluding hydrogens is 594 g/mol. The number of benzene rings is 4. The number of aryl methyl sites for hydroxylation is 1. The lowest BCUT2D eigenvalue weighted by atomic mass is 9.85. The number of halogens is 1. The number of ketones is 1. The van der Waals surface area contributed by atoms with Gasteiger partial charge in [0.25, 0.3) is 5.78 Å². The van der Waals surface area contributed by atoms with E-state index in [1.165, 1.54) is 46.2 Å². The van der Waals surface area contributed by atoms with Crippen LogP contribution >= 0.6 is 23.1 Å². The predicted molar refractivity (Wildman–Crippen MR) is 174 cm³/mol. The van der Waals surface area contributed by atoms with Crippen molar-refractivity contribution in [1.82, 2.24) is 10.2 Å². The van der Waals surface area contributed by atoms with Gasteiger partial charge in [0, 0.05) is 11.3 Å². The Balaban J connectivity index is 1.39. The number of hydrogen-bond acceptors (Lipinski definition) is 7. The molecule has 1 N–H and O–H groups in total. The molecule has 2 heterocycles. The van der Waals surface area contributed by atoms with E-state index >= 15 is 0 Å². The maximum absolute atomic E-state index is 14.5. The van der Waals surface area contributed by atoms with E-state index in [1.807, 2.05) is 42.5 Å². The zero-order valence-electron chi connectivity index (χ0n) is 24.7. The second-order valence-corrected chi connectivity index (χ2v) is 14.0. The number of carbonyl (C=O) groups excluding carboxylic acids is 2. The fourth-order valence-electron chi connectivity index (χ4n) is 5.32. The maximum Gasteiger partial charge on any atom is 0.301 e. The number of anilines is 1. The molecule has 0 unspecified atom stereocenters. The van der Waals surface area contributed by atoms with Crippen molar-refractivity contribution >= 4 is 56.5 Å². The highest BCUT2D eigenvalue weighted by atomic mass is 32.2. The third kappa shape index (κ3) is 5.53. The minimum atomic E-state index is -0.975. The summed E-state index contributed by atoms with van der Waals surface area (Å²) in [5, 5.41) is 22.6. The zero-order valence-corrected chi connectivity index (χ0v) is 26.3. The van der Waals surface area contributed by atoms with Crippen molar-refractivity contribution in [1.29, 1.82) is 0 Å². The molecular formula is C35H30FN3O3S2. The summed E-state index contributed by atoms with van der Waals surface area (Å²) >= 11 is 2.71. The van der Waals surface area contributed by atoms with Crippen LogP contribution in [0.3, 0.4) is 0 Å². The fraction of sp³-hybridized carbons (Fsp3) is 0.200. The molecule has 1 aliphatic heterocycles. The van der Waals surface area contributed by atoms with E-state index in [-0.39, 0.29) is 21.7 Å². The SMILES string of the molecule is Cc1ccc(C(O)=C2C(=O)C(=O)N(c3nnc(SCc4cccc5ccccc45)s3)[C@@H]2c2ccc(C(C)(C)C)cc2)cc1F. The number of thioether (sulfide) groups is 1. The second kappa shape index (κ2) is 11.6. The highest BCUT2D eigenvalue weighted by molar-refractivity contribution is 8.00. The van der Waals surface area contributed by atoms with Gasteiger partial charge in [-0.25, -0.2) is 4.39 Å². The van der Waals surface area contributed by atoms with Crippen LogP contribution in [0.4, 0.5) is 9.52 Å². The molecule has 1 aliphatic rings. The average molecular weight is 624 g/mol. The number of aromatic nitrogens is 2. The van der Waals surface area contributed by atoms with Crippen molar-refractivity contribution in [3.05, 3.63) is 124 Å². The van der Waals surface area contributed by atoms with E-state index in [2.05, 4.69) is 55.2 Å². The highest BCUT2D eigenvalue weighted by Gasteiger charge is 2.48. The van der Waals surface area contributed by atoms with Gasteiger partial charge in [0.15, 0.2) is 4.34 Å². The lowest BCUT2D eigenvalue weighted by Gasteiger charge is -2.24. The predicted octanol–water partition coefficient (Wildman–Crippen LogP) is 8.35. The number of fused-ring (bicyclic) bond motifs is 1. The van der Waals surface area contributed by atoms with Gasteiger partial charge >= 0.3 is 5.91 Å². The molecule has 0 saturated carbocycles. The molecule has 1 atom stereocenters. The normalized spacial score (nSPS) is 16.7. The van der Waals surface area contributed by atoms with Crippen molar-refractivity contribution in [2.24, 2.45) is 0 Å². The molecule has 1 fully saturated rings. The van der Waals surface area contributed by atoms with Gasteiger partial charge in [0.05, 0.1) is 11.6 Å². The Morgan fingerprint density at radius 3 is 2.43 bits per heavy atom. The second-order valence-electron chi connectivity index (χ2n) is 11.8. The molecule has 0 aliphatic carbocycles. The van der Waals surface area contributed by atoms with Crippen molar-refractivity contribution in [3.8, 4) is 0 Å². The lowest BCUT2D eigenvalue weighted by Crippen LogP contribution is -2.29. The molecule has 6 nitrogen and oxygen atoms in total. The fourth-order valence-corrected chi connectivity index (χ4v) is 7.19. The van der Waals surface area contributed by atoms with Crippen LogP contribution in [-0.4, -0.2) is 27.0 Å². The summed E-state index contributed by atoms with van der Waals surface area (Å²) in [6.45, 7) is 7.90. The summed E-state index contributed by atoms with van der Waals surface area (Å²) in [7, 11) is 0. The van der Waals surface area contributed by atoms with Gasteiger partial charge in [0.2, 0.25) is 5.13 Å². The third-order valence-corrected chi connectivity index (χ3v) is 9.92. The Morgan fingerprint density at radius 1 is 0.977 bits per heavy atom. The van der Waals surface area contributed by atoms with Gasteiger partial charge in [0.1, 0.15) is 11.6 Å². The molecule has 6 rings (SSSR count). The standard InChI is InChI=1S/C35H30FN3O3S2/c1-20-12-13-23(18-27(20)36)30(40)28-29(22-14-16-25(17-15-22)35(2,3)4)39(32(42)31(28)41)33-37-38-34(44-33)43-19-24-10-7-9-21-8-5-6-11-26(21)24/h5-18,29,40H,19H2,1-4H3/t29-/m1/s1. The summed E-state index contributed by atoms with van der Waals surface area (Å²) in [6.07, 6.45) is 0. The van der Waals surface area contributed by atoms with Crippen LogP contribution in [0.15, 0.2) is 94.8 Å². The van der Waals surface area contributed by atoms with E-state index in [1.54, 1.807) is 6.92 Å². The summed E-state index contributed by atoms with van der Waals surface area (Å²) in [5.74, 6) is -2.01. The minimum absolute atomic E-state index is 0.116. The molecule has 0 bridgehead atoms. The monoisotopic (exact) mass is 623 g/mol. The average Bonchev–Trinajstić information content (AvgIpc) is 3.58. The largest absolute Gasteiger partial charge is 0.507 e. The van der Waals surface area contributed by atoms with Gasteiger partial charge in [-0.05, 0) is 51.4 Å². The first kappa shape index (κ1) is 29.7. The molecule has 1 aromatic heterocycles. The van der Waals surface area contributed by atoms with Crippen LogP contribution in [0.2, 0.25) is 0 Å². The number of nitrogens with zero attached hydrogens (tertiary/aromatic N) is 3. The van der Waals surface area contributed by atoms with Gasteiger partial charge in [-0.1, -0.05) is 123 Å². The summed E-state index contributed by atoms with van der Waals surface area (Å²) in [5.41, 5.74) is 3.12. The molecule has 4 aromatic carbocycles. The number of hydrogen-bond donors (Lipinski definition) is 1. The quantitative estimate of drug-likeness (QED) is 0.0673. The van der Waals surface area contributed by atoms with Crippen molar-refractivity contribution in [2.75, 3.05) is 4.90 Å². The molecule has 0 radical (unpaired) electrons. The molecule has 9 heteroatoms.